The Morgan fingerprint density at radius 2 is 1.75 bits per heavy atom. The minimum atomic E-state index is -3.66. The zero-order valence-electron chi connectivity index (χ0n) is 18.7. The second-order valence-electron chi connectivity index (χ2n) is 8.72. The largest absolute Gasteiger partial charge is 0.326 e. The van der Waals surface area contributed by atoms with Crippen LogP contribution in [0.25, 0.3) is 0 Å². The van der Waals surface area contributed by atoms with Crippen molar-refractivity contribution in [2.75, 3.05) is 23.3 Å². The van der Waals surface area contributed by atoms with Crippen LogP contribution >= 0.6 is 0 Å². The van der Waals surface area contributed by atoms with Crippen LogP contribution in [-0.4, -0.2) is 43.7 Å². The maximum atomic E-state index is 13.2. The maximum Gasteiger partial charge on any atom is 0.243 e. The van der Waals surface area contributed by atoms with Crippen LogP contribution in [-0.2, 0) is 26.0 Å². The second-order valence-corrected chi connectivity index (χ2v) is 10.7. The Balaban J connectivity index is 1.43. The van der Waals surface area contributed by atoms with Gasteiger partial charge in [0.2, 0.25) is 21.8 Å². The van der Waals surface area contributed by atoms with Crippen LogP contribution in [0.2, 0.25) is 0 Å². The third-order valence-electron chi connectivity index (χ3n) is 6.47. The first-order chi connectivity index (χ1) is 15.2. The molecule has 1 atom stereocenters. The summed E-state index contributed by atoms with van der Waals surface area (Å²) in [6, 6.07) is 12.6. The Hall–Kier alpha value is -2.71. The molecule has 1 saturated heterocycles. The minimum absolute atomic E-state index is 0.0166. The highest BCUT2D eigenvalue weighted by Crippen LogP contribution is 2.35. The van der Waals surface area contributed by atoms with Gasteiger partial charge in [-0.3, -0.25) is 9.59 Å². The molecule has 2 aliphatic heterocycles. The van der Waals surface area contributed by atoms with Gasteiger partial charge in [0.1, 0.15) is 0 Å². The van der Waals surface area contributed by atoms with Gasteiger partial charge in [0, 0.05) is 43.3 Å². The molecule has 0 spiro atoms. The number of hydrogen-bond acceptors (Lipinski definition) is 4. The quantitative estimate of drug-likeness (QED) is 0.766. The molecule has 4 rings (SSSR count). The topological polar surface area (TPSA) is 86.8 Å². The molecule has 2 aromatic carbocycles. The standard InChI is InChI=1S/C24H29N3O4S/c1-16-6-4-5-7-22(16)25-24(29)19-10-12-26(13-11-19)32(30,31)21-8-9-23-20(15-21)14-17(2)27(23)18(3)28/h4-9,15,17,19H,10-14H2,1-3H3,(H,25,29)/t17-/m0/s1. The zero-order chi connectivity index (χ0) is 23.0. The van der Waals surface area contributed by atoms with Gasteiger partial charge in [0.05, 0.1) is 4.90 Å². The van der Waals surface area contributed by atoms with Crippen LogP contribution in [0, 0.1) is 12.8 Å². The Morgan fingerprint density at radius 1 is 1.06 bits per heavy atom. The summed E-state index contributed by atoms with van der Waals surface area (Å²) < 4.78 is 27.9. The summed E-state index contributed by atoms with van der Waals surface area (Å²) in [6.45, 7) is 6.04. The van der Waals surface area contributed by atoms with E-state index in [1.807, 2.05) is 38.1 Å². The molecule has 2 aliphatic rings. The number of carbonyl (C=O) groups is 2. The fourth-order valence-electron chi connectivity index (χ4n) is 4.70. The molecule has 1 fully saturated rings. The summed E-state index contributed by atoms with van der Waals surface area (Å²) in [5, 5.41) is 2.97. The number of nitrogens with zero attached hydrogens (tertiary/aromatic N) is 2. The van der Waals surface area contributed by atoms with E-state index in [1.54, 1.807) is 23.1 Å². The number of fused-ring (bicyclic) bond motifs is 1. The Bertz CT molecular complexity index is 1150. The first-order valence-corrected chi connectivity index (χ1v) is 12.4. The van der Waals surface area contributed by atoms with Gasteiger partial charge in [0.15, 0.2) is 0 Å². The van der Waals surface area contributed by atoms with Crippen molar-refractivity contribution in [3.05, 3.63) is 53.6 Å². The van der Waals surface area contributed by atoms with Crippen molar-refractivity contribution in [3.63, 3.8) is 0 Å². The lowest BCUT2D eigenvalue weighted by Crippen LogP contribution is -2.41. The summed E-state index contributed by atoms with van der Waals surface area (Å²) >= 11 is 0. The predicted molar refractivity (Wildman–Crippen MR) is 124 cm³/mol. The number of hydrogen-bond donors (Lipinski definition) is 1. The van der Waals surface area contributed by atoms with E-state index < -0.39 is 10.0 Å². The van der Waals surface area contributed by atoms with E-state index in [1.165, 1.54) is 11.2 Å². The highest BCUT2D eigenvalue weighted by Gasteiger charge is 2.34. The summed E-state index contributed by atoms with van der Waals surface area (Å²) in [6.07, 6.45) is 1.60. The zero-order valence-corrected chi connectivity index (χ0v) is 19.5. The molecule has 1 N–H and O–H groups in total. The fraction of sp³-hybridized carbons (Fsp3) is 0.417. The maximum absolute atomic E-state index is 13.2. The van der Waals surface area contributed by atoms with Crippen LogP contribution < -0.4 is 10.2 Å². The normalized spacial score (nSPS) is 19.6. The summed E-state index contributed by atoms with van der Waals surface area (Å²) in [7, 11) is -3.66. The van der Waals surface area contributed by atoms with Gasteiger partial charge in [-0.1, -0.05) is 18.2 Å². The average molecular weight is 456 g/mol. The second kappa shape index (κ2) is 8.67. The molecule has 0 radical (unpaired) electrons. The van der Waals surface area contributed by atoms with Crippen LogP contribution in [0.1, 0.15) is 37.8 Å². The number of nitrogens with one attached hydrogen (secondary N) is 1. The highest BCUT2D eigenvalue weighted by atomic mass is 32.2. The van der Waals surface area contributed by atoms with Gasteiger partial charge < -0.3 is 10.2 Å². The Kier molecular flexibility index (Phi) is 6.09. The molecular formula is C24H29N3O4S. The number of sulfonamides is 1. The molecule has 0 aromatic heterocycles. The Morgan fingerprint density at radius 3 is 2.41 bits per heavy atom. The van der Waals surface area contributed by atoms with Gasteiger partial charge in [-0.25, -0.2) is 8.42 Å². The Labute approximate surface area is 189 Å². The number of rotatable bonds is 4. The molecule has 2 heterocycles. The van der Waals surface area contributed by atoms with Crippen LogP contribution in [0.3, 0.4) is 0 Å². The number of amides is 2. The third kappa shape index (κ3) is 4.17. The van der Waals surface area contributed by atoms with Crippen molar-refractivity contribution in [2.45, 2.75) is 51.0 Å². The van der Waals surface area contributed by atoms with E-state index in [9.17, 15) is 18.0 Å². The molecule has 8 heteroatoms. The molecule has 7 nitrogen and oxygen atoms in total. The fourth-order valence-corrected chi connectivity index (χ4v) is 6.22. The lowest BCUT2D eigenvalue weighted by atomic mass is 9.97. The molecule has 0 unspecified atom stereocenters. The molecule has 0 aliphatic carbocycles. The molecular weight excluding hydrogens is 426 g/mol. The number of carbonyl (C=O) groups excluding carboxylic acids is 2. The van der Waals surface area contributed by atoms with Crippen molar-refractivity contribution >= 4 is 33.2 Å². The number of para-hydroxylation sites is 1. The van der Waals surface area contributed by atoms with Crippen LogP contribution in [0.4, 0.5) is 11.4 Å². The summed E-state index contributed by atoms with van der Waals surface area (Å²) in [5.74, 6) is -0.323. The van der Waals surface area contributed by atoms with E-state index in [0.29, 0.717) is 32.4 Å². The van der Waals surface area contributed by atoms with E-state index in [0.717, 1.165) is 22.5 Å². The average Bonchev–Trinajstić information content (AvgIpc) is 3.10. The van der Waals surface area contributed by atoms with Gasteiger partial charge in [-0.05, 0) is 68.5 Å². The van der Waals surface area contributed by atoms with Gasteiger partial charge in [-0.15, -0.1) is 0 Å². The molecule has 32 heavy (non-hydrogen) atoms. The predicted octanol–water partition coefficient (Wildman–Crippen LogP) is 3.33. The van der Waals surface area contributed by atoms with Gasteiger partial charge in [0.25, 0.3) is 0 Å². The molecule has 0 saturated carbocycles. The van der Waals surface area contributed by atoms with E-state index in [2.05, 4.69) is 5.32 Å². The van der Waals surface area contributed by atoms with Crippen LogP contribution in [0.5, 0.6) is 0 Å². The van der Waals surface area contributed by atoms with E-state index >= 15 is 0 Å². The minimum Gasteiger partial charge on any atom is -0.326 e. The lowest BCUT2D eigenvalue weighted by Gasteiger charge is -2.30. The van der Waals surface area contributed by atoms with Crippen molar-refractivity contribution in [1.82, 2.24) is 4.31 Å². The third-order valence-corrected chi connectivity index (χ3v) is 8.37. The van der Waals surface area contributed by atoms with E-state index in [4.69, 9.17) is 0 Å². The van der Waals surface area contributed by atoms with Crippen LogP contribution in [0.15, 0.2) is 47.4 Å². The first-order valence-electron chi connectivity index (χ1n) is 11.0. The first kappa shape index (κ1) is 22.5. The number of aryl methyl sites for hydroxylation is 1. The van der Waals surface area contributed by atoms with Gasteiger partial charge >= 0.3 is 0 Å². The molecule has 170 valence electrons. The molecule has 0 bridgehead atoms. The smallest absolute Gasteiger partial charge is 0.243 e. The van der Waals surface area contributed by atoms with E-state index in [-0.39, 0.29) is 28.7 Å². The lowest BCUT2D eigenvalue weighted by molar-refractivity contribution is -0.121. The monoisotopic (exact) mass is 455 g/mol. The van der Waals surface area contributed by atoms with Gasteiger partial charge in [-0.2, -0.15) is 4.31 Å². The van der Waals surface area contributed by atoms with Crippen molar-refractivity contribution in [1.29, 1.82) is 0 Å². The summed E-state index contributed by atoms with van der Waals surface area (Å²) in [4.78, 5) is 26.6. The molecule has 2 aromatic rings. The number of piperidine rings is 1. The van der Waals surface area contributed by atoms with Crippen molar-refractivity contribution < 1.29 is 18.0 Å². The van der Waals surface area contributed by atoms with Crippen molar-refractivity contribution in [3.8, 4) is 0 Å². The number of anilines is 2. The van der Waals surface area contributed by atoms with Crippen molar-refractivity contribution in [2.24, 2.45) is 5.92 Å². The molecule has 2 amide bonds. The summed E-state index contributed by atoms with van der Waals surface area (Å²) in [5.41, 5.74) is 3.45. The number of benzene rings is 2. The SMILES string of the molecule is CC(=O)N1c2ccc(S(=O)(=O)N3CCC(C(=O)Nc4ccccc4C)CC3)cc2C[C@@H]1C. The highest BCUT2D eigenvalue weighted by molar-refractivity contribution is 7.89.